The second kappa shape index (κ2) is 4.67. The van der Waals surface area contributed by atoms with Gasteiger partial charge in [-0.25, -0.2) is 12.8 Å². The Labute approximate surface area is 106 Å². The zero-order valence-electron chi connectivity index (χ0n) is 9.93. The number of halogens is 1. The molecule has 0 N–H and O–H groups in total. The molecule has 0 radical (unpaired) electrons. The maximum Gasteiger partial charge on any atom is 0.243 e. The van der Waals surface area contributed by atoms with Crippen LogP contribution in [-0.2, 0) is 10.0 Å². The van der Waals surface area contributed by atoms with Crippen molar-refractivity contribution in [3.05, 3.63) is 29.6 Å². The van der Waals surface area contributed by atoms with Crippen LogP contribution in [0.1, 0.15) is 18.9 Å². The van der Waals surface area contributed by atoms with Crippen LogP contribution in [0, 0.1) is 23.1 Å². The zero-order chi connectivity index (χ0) is 13.3. The lowest BCUT2D eigenvalue weighted by Gasteiger charge is -2.16. The molecule has 1 heterocycles. The molecule has 0 bridgehead atoms. The van der Waals surface area contributed by atoms with Gasteiger partial charge in [0.2, 0.25) is 10.0 Å². The lowest BCUT2D eigenvalue weighted by atomic mass is 10.2. The van der Waals surface area contributed by atoms with Crippen LogP contribution in [-0.4, -0.2) is 25.8 Å². The summed E-state index contributed by atoms with van der Waals surface area (Å²) in [6, 6.07) is 4.96. The topological polar surface area (TPSA) is 61.2 Å². The minimum Gasteiger partial charge on any atom is -0.207 e. The summed E-state index contributed by atoms with van der Waals surface area (Å²) in [7, 11) is -3.61. The third-order valence-electron chi connectivity index (χ3n) is 3.08. The highest BCUT2D eigenvalue weighted by atomic mass is 32.2. The molecule has 1 aromatic carbocycles. The SMILES string of the molecule is CC1CCN(S(=O)(=O)c2ccc(F)c(C#N)c2)C1. The minimum atomic E-state index is -3.61. The van der Waals surface area contributed by atoms with E-state index < -0.39 is 15.8 Å². The summed E-state index contributed by atoms with van der Waals surface area (Å²) in [5.74, 6) is -0.373. The average Bonchev–Trinajstić information content (AvgIpc) is 2.77. The summed E-state index contributed by atoms with van der Waals surface area (Å²) in [5, 5.41) is 8.72. The Morgan fingerprint density at radius 3 is 2.78 bits per heavy atom. The van der Waals surface area contributed by atoms with E-state index >= 15 is 0 Å². The standard InChI is InChI=1S/C12H13FN2O2S/c1-9-4-5-15(8-9)18(16,17)11-2-3-12(13)10(6-11)7-14/h2-3,6,9H,4-5,8H2,1H3. The van der Waals surface area contributed by atoms with Crippen molar-refractivity contribution in [2.24, 2.45) is 5.92 Å². The monoisotopic (exact) mass is 268 g/mol. The summed E-state index contributed by atoms with van der Waals surface area (Å²) in [6.45, 7) is 2.94. The number of rotatable bonds is 2. The van der Waals surface area contributed by atoms with Crippen molar-refractivity contribution in [3.8, 4) is 6.07 Å². The lowest BCUT2D eigenvalue weighted by molar-refractivity contribution is 0.464. The first-order valence-corrected chi connectivity index (χ1v) is 7.09. The molecule has 18 heavy (non-hydrogen) atoms. The number of hydrogen-bond acceptors (Lipinski definition) is 3. The van der Waals surface area contributed by atoms with Gasteiger partial charge in [0, 0.05) is 13.1 Å². The largest absolute Gasteiger partial charge is 0.243 e. The van der Waals surface area contributed by atoms with Crippen molar-refractivity contribution >= 4 is 10.0 Å². The van der Waals surface area contributed by atoms with E-state index in [-0.39, 0.29) is 10.5 Å². The highest BCUT2D eigenvalue weighted by Crippen LogP contribution is 2.24. The maximum atomic E-state index is 13.2. The van der Waals surface area contributed by atoms with Gasteiger partial charge < -0.3 is 0 Å². The predicted molar refractivity (Wildman–Crippen MR) is 63.7 cm³/mol. The van der Waals surface area contributed by atoms with E-state index in [0.29, 0.717) is 19.0 Å². The molecule has 0 amide bonds. The molecule has 6 heteroatoms. The van der Waals surface area contributed by atoms with Crippen molar-refractivity contribution in [2.45, 2.75) is 18.2 Å². The van der Waals surface area contributed by atoms with E-state index in [1.54, 1.807) is 6.07 Å². The van der Waals surface area contributed by atoms with Crippen LogP contribution in [0.5, 0.6) is 0 Å². The maximum absolute atomic E-state index is 13.2. The Balaban J connectivity index is 2.39. The smallest absolute Gasteiger partial charge is 0.207 e. The molecule has 96 valence electrons. The fourth-order valence-electron chi connectivity index (χ4n) is 2.01. The third-order valence-corrected chi connectivity index (χ3v) is 4.94. The van der Waals surface area contributed by atoms with E-state index in [1.807, 2.05) is 6.92 Å². The Morgan fingerprint density at radius 2 is 2.22 bits per heavy atom. The molecule has 1 unspecified atom stereocenters. The summed E-state index contributed by atoms with van der Waals surface area (Å²) >= 11 is 0. The fraction of sp³-hybridized carbons (Fsp3) is 0.417. The van der Waals surface area contributed by atoms with Gasteiger partial charge >= 0.3 is 0 Å². The van der Waals surface area contributed by atoms with E-state index in [2.05, 4.69) is 0 Å². The fourth-order valence-corrected chi connectivity index (χ4v) is 3.61. The quantitative estimate of drug-likeness (QED) is 0.820. The molecule has 4 nitrogen and oxygen atoms in total. The van der Waals surface area contributed by atoms with Gasteiger partial charge in [0.15, 0.2) is 0 Å². The molecule has 0 saturated carbocycles. The molecule has 1 fully saturated rings. The van der Waals surface area contributed by atoms with Gasteiger partial charge in [-0.1, -0.05) is 6.92 Å². The summed E-state index contributed by atoms with van der Waals surface area (Å²) in [6.07, 6.45) is 0.825. The van der Waals surface area contributed by atoms with Crippen LogP contribution in [0.2, 0.25) is 0 Å². The van der Waals surface area contributed by atoms with Crippen LogP contribution in [0.15, 0.2) is 23.1 Å². The number of nitrogens with zero attached hydrogens (tertiary/aromatic N) is 2. The molecule has 1 aromatic rings. The lowest BCUT2D eigenvalue weighted by Crippen LogP contribution is -2.28. The number of nitriles is 1. The second-order valence-corrected chi connectivity index (χ2v) is 6.45. The van der Waals surface area contributed by atoms with Crippen LogP contribution >= 0.6 is 0 Å². The molecule has 1 aliphatic heterocycles. The zero-order valence-corrected chi connectivity index (χ0v) is 10.7. The summed E-state index contributed by atoms with van der Waals surface area (Å²) in [5.41, 5.74) is -0.247. The van der Waals surface area contributed by atoms with Crippen molar-refractivity contribution in [1.82, 2.24) is 4.31 Å². The van der Waals surface area contributed by atoms with Gasteiger partial charge in [0.25, 0.3) is 0 Å². The van der Waals surface area contributed by atoms with Gasteiger partial charge in [-0.2, -0.15) is 9.57 Å². The molecular formula is C12H13FN2O2S. The third kappa shape index (κ3) is 2.24. The first-order chi connectivity index (χ1) is 8.45. The average molecular weight is 268 g/mol. The highest BCUT2D eigenvalue weighted by molar-refractivity contribution is 7.89. The van der Waals surface area contributed by atoms with Crippen LogP contribution < -0.4 is 0 Å². The number of hydrogen-bond donors (Lipinski definition) is 0. The van der Waals surface area contributed by atoms with Crippen LogP contribution in [0.4, 0.5) is 4.39 Å². The molecule has 0 spiro atoms. The Hall–Kier alpha value is -1.45. The van der Waals surface area contributed by atoms with Gasteiger partial charge in [-0.15, -0.1) is 0 Å². The molecule has 1 saturated heterocycles. The minimum absolute atomic E-state index is 0.0189. The molecular weight excluding hydrogens is 255 g/mol. The van der Waals surface area contributed by atoms with Crippen LogP contribution in [0.3, 0.4) is 0 Å². The summed E-state index contributed by atoms with van der Waals surface area (Å²) < 4.78 is 39.1. The van der Waals surface area contributed by atoms with Crippen molar-refractivity contribution in [1.29, 1.82) is 5.26 Å². The Bertz CT molecular complexity index is 607. The van der Waals surface area contributed by atoms with E-state index in [0.717, 1.165) is 18.6 Å². The van der Waals surface area contributed by atoms with Crippen molar-refractivity contribution in [3.63, 3.8) is 0 Å². The van der Waals surface area contributed by atoms with Gasteiger partial charge in [-0.05, 0) is 30.5 Å². The van der Waals surface area contributed by atoms with E-state index in [9.17, 15) is 12.8 Å². The van der Waals surface area contributed by atoms with Crippen molar-refractivity contribution < 1.29 is 12.8 Å². The first kappa shape index (κ1) is 13.0. The summed E-state index contributed by atoms with van der Waals surface area (Å²) in [4.78, 5) is -0.0189. The predicted octanol–water partition coefficient (Wildman–Crippen LogP) is 1.73. The second-order valence-electron chi connectivity index (χ2n) is 4.51. The normalized spacial score (nSPS) is 20.8. The molecule has 1 atom stereocenters. The van der Waals surface area contributed by atoms with E-state index in [1.165, 1.54) is 10.4 Å². The Morgan fingerprint density at radius 1 is 1.50 bits per heavy atom. The van der Waals surface area contributed by atoms with Crippen LogP contribution in [0.25, 0.3) is 0 Å². The molecule has 0 aromatic heterocycles. The van der Waals surface area contributed by atoms with Gasteiger partial charge in [0.1, 0.15) is 11.9 Å². The number of benzene rings is 1. The molecule has 0 aliphatic carbocycles. The van der Waals surface area contributed by atoms with E-state index in [4.69, 9.17) is 5.26 Å². The highest BCUT2D eigenvalue weighted by Gasteiger charge is 2.30. The molecule has 2 rings (SSSR count). The Kier molecular flexibility index (Phi) is 3.37. The van der Waals surface area contributed by atoms with Gasteiger partial charge in [0.05, 0.1) is 10.5 Å². The first-order valence-electron chi connectivity index (χ1n) is 5.65. The van der Waals surface area contributed by atoms with Crippen molar-refractivity contribution in [2.75, 3.05) is 13.1 Å². The van der Waals surface area contributed by atoms with Gasteiger partial charge in [-0.3, -0.25) is 0 Å². The number of sulfonamides is 1. The molecule has 1 aliphatic rings.